The molecule has 0 saturated heterocycles. The molecule has 0 aliphatic carbocycles. The van der Waals surface area contributed by atoms with Gasteiger partial charge in [-0.15, -0.1) is 0 Å². The Morgan fingerprint density at radius 1 is 1.08 bits per heavy atom. The minimum absolute atomic E-state index is 0.0321. The molecule has 1 unspecified atom stereocenters. The molecule has 0 saturated carbocycles. The molecule has 0 N–H and O–H groups in total. The molecule has 24 heavy (non-hydrogen) atoms. The molecule has 2 rings (SSSR count). The van der Waals surface area contributed by atoms with Gasteiger partial charge in [0.1, 0.15) is 0 Å². The van der Waals surface area contributed by atoms with Crippen LogP contribution in [0.4, 0.5) is 0 Å². The topological polar surface area (TPSA) is 38.8 Å². The maximum absolute atomic E-state index is 12.6. The van der Waals surface area contributed by atoms with E-state index >= 15 is 0 Å². The first-order chi connectivity index (χ1) is 11.5. The zero-order valence-electron chi connectivity index (χ0n) is 14.4. The summed E-state index contributed by atoms with van der Waals surface area (Å²) in [6.45, 7) is 2.00. The van der Waals surface area contributed by atoms with Crippen molar-refractivity contribution in [3.8, 4) is 11.5 Å². The Morgan fingerprint density at radius 2 is 1.71 bits per heavy atom. The quantitative estimate of drug-likeness (QED) is 0.789. The number of ether oxygens (including phenoxy) is 2. The first-order valence-electron chi connectivity index (χ1n) is 7.68. The molecule has 0 fully saturated rings. The van der Waals surface area contributed by atoms with E-state index < -0.39 is 0 Å². The molecule has 0 aliphatic heterocycles. The Hall–Kier alpha value is -2.20. The van der Waals surface area contributed by atoms with Crippen LogP contribution in [0.15, 0.2) is 42.5 Å². The van der Waals surface area contributed by atoms with Crippen molar-refractivity contribution in [3.63, 3.8) is 0 Å². The highest BCUT2D eigenvalue weighted by Gasteiger charge is 2.18. The van der Waals surface area contributed by atoms with E-state index in [-0.39, 0.29) is 11.9 Å². The van der Waals surface area contributed by atoms with Crippen LogP contribution in [-0.4, -0.2) is 32.1 Å². The fraction of sp³-hybridized carbons (Fsp3) is 0.316. The van der Waals surface area contributed by atoms with Crippen LogP contribution < -0.4 is 9.47 Å². The number of rotatable bonds is 6. The lowest BCUT2D eigenvalue weighted by molar-refractivity contribution is -0.131. The summed E-state index contributed by atoms with van der Waals surface area (Å²) in [5.41, 5.74) is 1.93. The SMILES string of the molecule is COc1ccc(CC(=O)N(C)C(C)c2ccc(Cl)cc2)cc1OC. The molecule has 2 aromatic rings. The summed E-state index contributed by atoms with van der Waals surface area (Å²) in [5, 5.41) is 0.685. The van der Waals surface area contributed by atoms with E-state index in [2.05, 4.69) is 0 Å². The number of hydrogen-bond acceptors (Lipinski definition) is 3. The largest absolute Gasteiger partial charge is 0.493 e. The van der Waals surface area contributed by atoms with Gasteiger partial charge in [-0.3, -0.25) is 4.79 Å². The standard InChI is InChI=1S/C19H22ClNO3/c1-13(15-6-8-16(20)9-7-15)21(2)19(22)12-14-5-10-17(23-3)18(11-14)24-4/h5-11,13H,12H2,1-4H3. The normalized spacial score (nSPS) is 11.7. The minimum atomic E-state index is -0.0325. The summed E-state index contributed by atoms with van der Waals surface area (Å²) in [5.74, 6) is 1.30. The van der Waals surface area contributed by atoms with E-state index in [4.69, 9.17) is 21.1 Å². The number of carbonyl (C=O) groups excluding carboxylic acids is 1. The molecule has 0 radical (unpaired) electrons. The Labute approximate surface area is 147 Å². The Bertz CT molecular complexity index is 700. The Morgan fingerprint density at radius 3 is 2.29 bits per heavy atom. The van der Waals surface area contributed by atoms with Crippen molar-refractivity contribution in [2.24, 2.45) is 0 Å². The molecule has 0 aromatic heterocycles. The van der Waals surface area contributed by atoms with Crippen LogP contribution in [0.1, 0.15) is 24.1 Å². The lowest BCUT2D eigenvalue weighted by Gasteiger charge is -2.25. The van der Waals surface area contributed by atoms with Gasteiger partial charge in [-0.25, -0.2) is 0 Å². The summed E-state index contributed by atoms with van der Waals surface area (Å²) in [6.07, 6.45) is 0.300. The average molecular weight is 348 g/mol. The van der Waals surface area contributed by atoms with Gasteiger partial charge in [0.15, 0.2) is 11.5 Å². The van der Waals surface area contributed by atoms with Gasteiger partial charge in [0.25, 0.3) is 0 Å². The number of hydrogen-bond donors (Lipinski definition) is 0. The highest BCUT2D eigenvalue weighted by molar-refractivity contribution is 6.30. The van der Waals surface area contributed by atoms with Crippen LogP contribution in [0.5, 0.6) is 11.5 Å². The number of nitrogens with zero attached hydrogens (tertiary/aromatic N) is 1. The van der Waals surface area contributed by atoms with E-state index in [1.54, 1.807) is 19.1 Å². The van der Waals surface area contributed by atoms with Gasteiger partial charge in [0.2, 0.25) is 5.91 Å². The van der Waals surface area contributed by atoms with Crippen LogP contribution >= 0.6 is 11.6 Å². The van der Waals surface area contributed by atoms with Gasteiger partial charge in [-0.1, -0.05) is 29.8 Å². The summed E-state index contributed by atoms with van der Waals surface area (Å²) < 4.78 is 10.5. The monoisotopic (exact) mass is 347 g/mol. The van der Waals surface area contributed by atoms with Gasteiger partial charge in [0.05, 0.1) is 26.7 Å². The van der Waals surface area contributed by atoms with E-state index in [9.17, 15) is 4.79 Å². The molecule has 128 valence electrons. The zero-order chi connectivity index (χ0) is 17.7. The second-order valence-electron chi connectivity index (χ2n) is 5.60. The fourth-order valence-electron chi connectivity index (χ4n) is 2.47. The maximum Gasteiger partial charge on any atom is 0.227 e. The van der Waals surface area contributed by atoms with Crippen LogP contribution in [0.25, 0.3) is 0 Å². The number of carbonyl (C=O) groups is 1. The molecule has 5 heteroatoms. The number of benzene rings is 2. The Kier molecular flexibility index (Phi) is 6.10. The third-order valence-electron chi connectivity index (χ3n) is 4.13. The second-order valence-corrected chi connectivity index (χ2v) is 6.03. The molecule has 0 aliphatic rings. The highest BCUT2D eigenvalue weighted by atomic mass is 35.5. The summed E-state index contributed by atoms with van der Waals surface area (Å²) >= 11 is 5.92. The third-order valence-corrected chi connectivity index (χ3v) is 4.38. The van der Waals surface area contributed by atoms with Gasteiger partial charge in [0, 0.05) is 12.1 Å². The molecule has 0 bridgehead atoms. The van der Waals surface area contributed by atoms with Crippen LogP contribution in [0.2, 0.25) is 5.02 Å². The van der Waals surface area contributed by atoms with Crippen LogP contribution in [0, 0.1) is 0 Å². The Balaban J connectivity index is 2.09. The van der Waals surface area contributed by atoms with Crippen molar-refractivity contribution in [3.05, 3.63) is 58.6 Å². The van der Waals surface area contributed by atoms with Gasteiger partial charge in [-0.2, -0.15) is 0 Å². The maximum atomic E-state index is 12.6. The lowest BCUT2D eigenvalue weighted by atomic mass is 10.1. The number of amides is 1. The first kappa shape index (κ1) is 18.1. The van der Waals surface area contributed by atoms with Crippen LogP contribution in [0.3, 0.4) is 0 Å². The number of methoxy groups -OCH3 is 2. The van der Waals surface area contributed by atoms with Crippen molar-refractivity contribution in [1.82, 2.24) is 4.90 Å². The average Bonchev–Trinajstić information content (AvgIpc) is 2.60. The third kappa shape index (κ3) is 4.20. The molecule has 1 amide bonds. The van der Waals surface area contributed by atoms with Crippen molar-refractivity contribution in [2.75, 3.05) is 21.3 Å². The van der Waals surface area contributed by atoms with E-state index in [1.165, 1.54) is 0 Å². The predicted octanol–water partition coefficient (Wildman–Crippen LogP) is 4.12. The van der Waals surface area contributed by atoms with Gasteiger partial charge in [-0.05, 0) is 42.3 Å². The number of halogens is 1. The predicted molar refractivity (Wildman–Crippen MR) is 95.9 cm³/mol. The minimum Gasteiger partial charge on any atom is -0.493 e. The summed E-state index contributed by atoms with van der Waals surface area (Å²) in [4.78, 5) is 14.3. The van der Waals surface area contributed by atoms with Crippen molar-refractivity contribution < 1.29 is 14.3 Å². The molecule has 2 aromatic carbocycles. The summed E-state index contributed by atoms with van der Waals surface area (Å²) in [6, 6.07) is 13.0. The zero-order valence-corrected chi connectivity index (χ0v) is 15.1. The van der Waals surface area contributed by atoms with Gasteiger partial charge >= 0.3 is 0 Å². The summed E-state index contributed by atoms with van der Waals surface area (Å²) in [7, 11) is 4.98. The highest BCUT2D eigenvalue weighted by Crippen LogP contribution is 2.28. The number of likely N-dealkylation sites (N-methyl/N-ethyl adjacent to an activating group) is 1. The molecule has 0 heterocycles. The molecular formula is C19H22ClNO3. The first-order valence-corrected chi connectivity index (χ1v) is 8.06. The van der Waals surface area contributed by atoms with E-state index in [0.717, 1.165) is 11.1 Å². The van der Waals surface area contributed by atoms with Gasteiger partial charge < -0.3 is 14.4 Å². The smallest absolute Gasteiger partial charge is 0.227 e. The van der Waals surface area contributed by atoms with E-state index in [0.29, 0.717) is 22.9 Å². The lowest BCUT2D eigenvalue weighted by Crippen LogP contribution is -2.30. The van der Waals surface area contributed by atoms with Crippen LogP contribution in [-0.2, 0) is 11.2 Å². The molecule has 1 atom stereocenters. The van der Waals surface area contributed by atoms with E-state index in [1.807, 2.05) is 56.4 Å². The van der Waals surface area contributed by atoms with Crippen molar-refractivity contribution >= 4 is 17.5 Å². The van der Waals surface area contributed by atoms with Crippen molar-refractivity contribution in [2.45, 2.75) is 19.4 Å². The second kappa shape index (κ2) is 8.06. The van der Waals surface area contributed by atoms with Crippen molar-refractivity contribution in [1.29, 1.82) is 0 Å². The molecule has 4 nitrogen and oxygen atoms in total. The molecular weight excluding hydrogens is 326 g/mol. The molecule has 0 spiro atoms. The fourth-order valence-corrected chi connectivity index (χ4v) is 2.60.